The predicted molar refractivity (Wildman–Crippen MR) is 99.1 cm³/mol. The van der Waals surface area contributed by atoms with Gasteiger partial charge in [0.05, 0.1) is 0 Å². The van der Waals surface area contributed by atoms with E-state index >= 15 is 0 Å². The second-order valence-electron chi connectivity index (χ2n) is 6.75. The second-order valence-corrected chi connectivity index (χ2v) is 6.75. The van der Waals surface area contributed by atoms with Crippen LogP contribution >= 0.6 is 0 Å². The molecular weight excluding hydrogens is 315 g/mol. The third kappa shape index (κ3) is 3.73. The van der Waals surface area contributed by atoms with Gasteiger partial charge in [-0.15, -0.1) is 0 Å². The van der Waals surface area contributed by atoms with E-state index in [1.807, 2.05) is 45.3 Å². The summed E-state index contributed by atoms with van der Waals surface area (Å²) in [6.45, 7) is 3.88. The summed E-state index contributed by atoms with van der Waals surface area (Å²) in [6.07, 6.45) is 2.33. The number of benzene rings is 2. The summed E-state index contributed by atoms with van der Waals surface area (Å²) >= 11 is 0. The molecule has 0 aliphatic rings. The summed E-state index contributed by atoms with van der Waals surface area (Å²) in [5, 5.41) is 4.04. The van der Waals surface area contributed by atoms with Crippen LogP contribution in [0.2, 0.25) is 0 Å². The average Bonchev–Trinajstić information content (AvgIpc) is 2.89. The Kier molecular flexibility index (Phi) is 4.88. The van der Waals surface area contributed by atoms with Crippen molar-refractivity contribution in [2.45, 2.75) is 32.2 Å². The first kappa shape index (κ1) is 17.2. The van der Waals surface area contributed by atoms with Crippen LogP contribution in [0.5, 0.6) is 0 Å². The third-order valence-corrected chi connectivity index (χ3v) is 4.39. The molecule has 3 rings (SSSR count). The van der Waals surface area contributed by atoms with Crippen molar-refractivity contribution >= 4 is 16.8 Å². The fourth-order valence-corrected chi connectivity index (χ4v) is 3.35. The summed E-state index contributed by atoms with van der Waals surface area (Å²) in [7, 11) is 1.99. The van der Waals surface area contributed by atoms with Crippen LogP contribution in [0, 0.1) is 5.82 Å². The van der Waals surface area contributed by atoms with Gasteiger partial charge in [-0.1, -0.05) is 30.3 Å². The van der Waals surface area contributed by atoms with E-state index in [4.69, 9.17) is 0 Å². The monoisotopic (exact) mass is 338 g/mol. The van der Waals surface area contributed by atoms with Gasteiger partial charge < -0.3 is 9.88 Å². The van der Waals surface area contributed by atoms with Crippen LogP contribution in [0.4, 0.5) is 4.39 Å². The molecule has 1 amide bonds. The molecule has 0 saturated heterocycles. The summed E-state index contributed by atoms with van der Waals surface area (Å²) in [5.41, 5.74) is 2.96. The maximum absolute atomic E-state index is 13.8. The standard InChI is InChI=1S/C21H23FN2O/c1-14(2)23-21(25)12-18(15-7-6-8-16(22)11-15)19-13-24(3)20-10-5-4-9-17(19)20/h4-11,13-14,18H,12H2,1-3H3,(H,23,25)/t18-/m1/s1. The van der Waals surface area contributed by atoms with Gasteiger partial charge in [0.15, 0.2) is 0 Å². The number of fused-ring (bicyclic) bond motifs is 1. The van der Waals surface area contributed by atoms with Gasteiger partial charge in [-0.2, -0.15) is 0 Å². The average molecular weight is 338 g/mol. The Morgan fingerprint density at radius 3 is 2.64 bits per heavy atom. The number of carbonyl (C=O) groups is 1. The lowest BCUT2D eigenvalue weighted by Gasteiger charge is -2.18. The molecule has 1 heterocycles. The molecule has 130 valence electrons. The SMILES string of the molecule is CC(C)NC(=O)C[C@H](c1cccc(F)c1)c1cn(C)c2ccccc12. The van der Waals surface area contributed by atoms with Gasteiger partial charge >= 0.3 is 0 Å². The first-order chi connectivity index (χ1) is 12.0. The Morgan fingerprint density at radius 2 is 1.92 bits per heavy atom. The highest BCUT2D eigenvalue weighted by Gasteiger charge is 2.22. The lowest BCUT2D eigenvalue weighted by Crippen LogP contribution is -2.31. The van der Waals surface area contributed by atoms with Gasteiger partial charge in [0.25, 0.3) is 0 Å². The Balaban J connectivity index is 2.08. The van der Waals surface area contributed by atoms with E-state index in [9.17, 15) is 9.18 Å². The molecular formula is C21H23FN2O. The fraction of sp³-hybridized carbons (Fsp3) is 0.286. The molecule has 2 aromatic carbocycles. The van der Waals surface area contributed by atoms with Crippen LogP contribution in [0.1, 0.15) is 37.3 Å². The highest BCUT2D eigenvalue weighted by Crippen LogP contribution is 2.34. The number of aryl methyl sites for hydroxylation is 1. The molecule has 0 fully saturated rings. The maximum Gasteiger partial charge on any atom is 0.221 e. The van der Waals surface area contributed by atoms with Crippen molar-refractivity contribution in [1.29, 1.82) is 0 Å². The minimum atomic E-state index is -0.285. The van der Waals surface area contributed by atoms with E-state index in [1.54, 1.807) is 6.07 Å². The van der Waals surface area contributed by atoms with Gasteiger partial charge in [0.2, 0.25) is 5.91 Å². The number of hydrogen-bond acceptors (Lipinski definition) is 1. The lowest BCUT2D eigenvalue weighted by atomic mass is 9.88. The first-order valence-corrected chi connectivity index (χ1v) is 8.54. The smallest absolute Gasteiger partial charge is 0.221 e. The third-order valence-electron chi connectivity index (χ3n) is 4.39. The topological polar surface area (TPSA) is 34.0 Å². The van der Waals surface area contributed by atoms with E-state index < -0.39 is 0 Å². The maximum atomic E-state index is 13.8. The number of carbonyl (C=O) groups excluding carboxylic acids is 1. The zero-order valence-electron chi connectivity index (χ0n) is 14.8. The van der Waals surface area contributed by atoms with Crippen molar-refractivity contribution in [1.82, 2.24) is 9.88 Å². The quantitative estimate of drug-likeness (QED) is 0.737. The zero-order valence-corrected chi connectivity index (χ0v) is 14.8. The van der Waals surface area contributed by atoms with Crippen molar-refractivity contribution < 1.29 is 9.18 Å². The molecule has 3 nitrogen and oxygen atoms in total. The van der Waals surface area contributed by atoms with Crippen molar-refractivity contribution in [3.8, 4) is 0 Å². The Hall–Kier alpha value is -2.62. The van der Waals surface area contributed by atoms with Gasteiger partial charge in [0.1, 0.15) is 5.82 Å². The second kappa shape index (κ2) is 7.09. The highest BCUT2D eigenvalue weighted by atomic mass is 19.1. The largest absolute Gasteiger partial charge is 0.354 e. The minimum absolute atomic E-state index is 0.0304. The zero-order chi connectivity index (χ0) is 18.0. The normalized spacial score (nSPS) is 12.5. The first-order valence-electron chi connectivity index (χ1n) is 8.54. The number of nitrogens with one attached hydrogen (secondary N) is 1. The van der Waals surface area contributed by atoms with Crippen LogP contribution in [-0.4, -0.2) is 16.5 Å². The summed E-state index contributed by atoms with van der Waals surface area (Å²) < 4.78 is 15.9. The van der Waals surface area contributed by atoms with E-state index in [1.165, 1.54) is 12.1 Å². The van der Waals surface area contributed by atoms with Crippen LogP contribution in [0.3, 0.4) is 0 Å². The van der Waals surface area contributed by atoms with E-state index in [0.717, 1.165) is 22.0 Å². The Bertz CT molecular complexity index is 898. The molecule has 3 aromatic rings. The minimum Gasteiger partial charge on any atom is -0.354 e. The molecule has 1 aromatic heterocycles. The summed E-state index contributed by atoms with van der Waals surface area (Å²) in [6, 6.07) is 14.7. The van der Waals surface area contributed by atoms with Crippen LogP contribution in [0.25, 0.3) is 10.9 Å². The predicted octanol–water partition coefficient (Wildman–Crippen LogP) is 4.36. The molecule has 0 saturated carbocycles. The molecule has 0 spiro atoms. The molecule has 1 N–H and O–H groups in total. The van der Waals surface area contributed by atoms with E-state index in [-0.39, 0.29) is 30.1 Å². The van der Waals surface area contributed by atoms with Crippen LogP contribution in [0.15, 0.2) is 54.7 Å². The van der Waals surface area contributed by atoms with Crippen molar-refractivity contribution in [2.24, 2.45) is 7.05 Å². The van der Waals surface area contributed by atoms with Gasteiger partial charge in [-0.05, 0) is 43.2 Å². The molecule has 0 radical (unpaired) electrons. The number of amides is 1. The highest BCUT2D eigenvalue weighted by molar-refractivity contribution is 5.86. The summed E-state index contributed by atoms with van der Waals surface area (Å²) in [5.74, 6) is -0.509. The van der Waals surface area contributed by atoms with Crippen LogP contribution in [-0.2, 0) is 11.8 Å². The fourth-order valence-electron chi connectivity index (χ4n) is 3.35. The lowest BCUT2D eigenvalue weighted by molar-refractivity contribution is -0.121. The van der Waals surface area contributed by atoms with E-state index in [0.29, 0.717) is 0 Å². The van der Waals surface area contributed by atoms with Crippen LogP contribution < -0.4 is 5.32 Å². The number of rotatable bonds is 5. The van der Waals surface area contributed by atoms with Crippen molar-refractivity contribution in [3.63, 3.8) is 0 Å². The molecule has 0 aliphatic heterocycles. The van der Waals surface area contributed by atoms with Crippen molar-refractivity contribution in [3.05, 3.63) is 71.7 Å². The van der Waals surface area contributed by atoms with Crippen molar-refractivity contribution in [2.75, 3.05) is 0 Å². The molecule has 4 heteroatoms. The number of para-hydroxylation sites is 1. The number of hydrogen-bond donors (Lipinski definition) is 1. The van der Waals surface area contributed by atoms with Gasteiger partial charge in [-0.3, -0.25) is 4.79 Å². The Labute approximate surface area is 147 Å². The number of nitrogens with zero attached hydrogens (tertiary/aromatic N) is 1. The molecule has 0 unspecified atom stereocenters. The van der Waals surface area contributed by atoms with Gasteiger partial charge in [-0.25, -0.2) is 4.39 Å². The summed E-state index contributed by atoms with van der Waals surface area (Å²) in [4.78, 5) is 12.4. The molecule has 1 atom stereocenters. The number of aromatic nitrogens is 1. The Morgan fingerprint density at radius 1 is 1.16 bits per heavy atom. The van der Waals surface area contributed by atoms with E-state index in [2.05, 4.69) is 22.0 Å². The van der Waals surface area contributed by atoms with Gasteiger partial charge in [0, 0.05) is 42.5 Å². The molecule has 25 heavy (non-hydrogen) atoms. The molecule has 0 bridgehead atoms. The molecule has 0 aliphatic carbocycles. The number of halogens is 1.